The van der Waals surface area contributed by atoms with Crippen LogP contribution in [0.15, 0.2) is 52.7 Å². The molecule has 0 aromatic heterocycles. The van der Waals surface area contributed by atoms with E-state index in [4.69, 9.17) is 35.8 Å². The van der Waals surface area contributed by atoms with Crippen LogP contribution in [0.2, 0.25) is 0 Å². The van der Waals surface area contributed by atoms with Gasteiger partial charge in [-0.15, -0.1) is 12.3 Å². The predicted molar refractivity (Wildman–Crippen MR) is 282 cm³/mol. The fourth-order valence-electron chi connectivity index (χ4n) is 10.7. The van der Waals surface area contributed by atoms with Gasteiger partial charge in [-0.05, 0) is 114 Å². The number of esters is 1. The Hall–Kier alpha value is -4.38. The summed E-state index contributed by atoms with van der Waals surface area (Å²) >= 11 is 0. The van der Waals surface area contributed by atoms with Gasteiger partial charge in [0, 0.05) is 83.1 Å². The molecule has 1 saturated carbocycles. The number of ether oxygens (including phenoxy) is 5. The number of nitrogens with zero attached hydrogens (tertiary/aromatic N) is 2. The summed E-state index contributed by atoms with van der Waals surface area (Å²) in [7, 11) is 3.21. The number of aliphatic hydroxyl groups excluding tert-OH is 2. The number of nitrogens with one attached hydrogen (secondary N) is 1. The quantitative estimate of drug-likeness (QED) is 0.0400. The summed E-state index contributed by atoms with van der Waals surface area (Å²) in [6, 6.07) is -2.02. The van der Waals surface area contributed by atoms with E-state index in [9.17, 15) is 39.3 Å². The zero-order valence-corrected chi connectivity index (χ0v) is 45.5. The van der Waals surface area contributed by atoms with Crippen molar-refractivity contribution in [1.29, 1.82) is 0 Å². The lowest BCUT2D eigenvalue weighted by Crippen LogP contribution is -2.61. The number of piperidine rings is 1. The molecule has 1 aliphatic carbocycles. The third kappa shape index (κ3) is 17.9. The summed E-state index contributed by atoms with van der Waals surface area (Å²) in [6.07, 6.45) is 18.2. The molecule has 0 unspecified atom stereocenters. The van der Waals surface area contributed by atoms with Crippen LogP contribution in [-0.2, 0) is 47.7 Å². The van der Waals surface area contributed by atoms with Gasteiger partial charge in [0.2, 0.25) is 11.7 Å². The number of hydrazone groups is 1. The third-order valence-electron chi connectivity index (χ3n) is 15.4. The maximum absolute atomic E-state index is 14.7. The number of aliphatic hydroxyl groups is 3. The number of terminal acetylenes is 1. The number of Topliss-reactive ketones (excluding diaryl/α,β-unsaturated/α-hetero) is 2. The van der Waals surface area contributed by atoms with Crippen molar-refractivity contribution in [3.05, 3.63) is 47.6 Å². The number of unbranched alkanes of at least 4 members (excludes halogenated alkanes) is 2. The van der Waals surface area contributed by atoms with Crippen molar-refractivity contribution >= 4 is 35.1 Å². The highest BCUT2D eigenvalue weighted by molar-refractivity contribution is 6.39. The van der Waals surface area contributed by atoms with Crippen molar-refractivity contribution < 1.29 is 63.0 Å². The molecule has 2 amide bonds. The van der Waals surface area contributed by atoms with Crippen molar-refractivity contribution in [1.82, 2.24) is 10.3 Å². The number of carbonyl (C=O) groups is 5. The Balaban J connectivity index is 1.74. The third-order valence-corrected chi connectivity index (χ3v) is 15.4. The maximum atomic E-state index is 14.7. The van der Waals surface area contributed by atoms with E-state index in [0.29, 0.717) is 76.5 Å². The van der Waals surface area contributed by atoms with Crippen LogP contribution in [0.1, 0.15) is 145 Å². The van der Waals surface area contributed by atoms with E-state index in [1.807, 2.05) is 44.2 Å². The molecule has 3 aliphatic heterocycles. The largest absolute Gasteiger partial charge is 0.459 e. The van der Waals surface area contributed by atoms with Gasteiger partial charge in [-0.2, -0.15) is 5.10 Å². The van der Waals surface area contributed by atoms with Gasteiger partial charge in [0.1, 0.15) is 24.4 Å². The monoisotopic (exact) mass is 1040 g/mol. The van der Waals surface area contributed by atoms with Crippen LogP contribution in [-0.4, -0.2) is 143 Å². The summed E-state index contributed by atoms with van der Waals surface area (Å²) in [5.74, 6) is -5.88. The molecule has 15 atom stereocenters. The van der Waals surface area contributed by atoms with Crippen LogP contribution in [0.3, 0.4) is 0 Å². The van der Waals surface area contributed by atoms with Gasteiger partial charge in [0.25, 0.3) is 11.7 Å². The SMILES string of the molecule is C#CCCCCO[C@@H]1CC[C@@H](C[C@@H](N)[C@@H]2C/C(=N/NC(C)=O)[C@H](C)/C=C(\C)[C@@H](O)[C@@H](O)C(=O)[C@H](C)C[C@H](C)/C=C/C=C/C=C(\C)[C@@H](OC)C[C@@H]3CC[C@@H](C)[C@@](O)(O3)C(=O)C(=O)N3CCCC[C@H]3C(=O)O2)C[C@H]1OC. The van der Waals surface area contributed by atoms with Crippen molar-refractivity contribution in [3.63, 3.8) is 0 Å². The standard InChI is InChI=1S/C57H88N4O13/c1-11-12-13-19-28-72-47-26-24-42(32-50(47)71-10)31-44(58)49-34-45(60-59-41(8)62)37(4)30-39(6)52(64)53(65)51(63)38(5)29-35(2)20-15-14-16-21-36(3)48(70-9)33-43-25-23-40(7)57(69,74-43)54(66)55(67)61-27-18-17-22-46(61)56(68)73-49/h1,14-16,20-21,30,35,37-38,40,42-44,46-50,52-53,64-65,69H,12-13,17-19,22-29,31-34,58H2,2-10H3,(H,59,62)/b16-14+,20-15+,36-21+,39-30+,60-45-/t35-,37-,38-,40-,42+,43+,44-,46+,47-,48+,49+,50-,52-,53+,57-/m1/s1. The Bertz CT molecular complexity index is 2080. The highest BCUT2D eigenvalue weighted by Gasteiger charge is 2.53. The van der Waals surface area contributed by atoms with Gasteiger partial charge in [-0.25, -0.2) is 10.2 Å². The van der Waals surface area contributed by atoms with E-state index in [2.05, 4.69) is 16.4 Å². The van der Waals surface area contributed by atoms with Crippen molar-refractivity contribution in [2.75, 3.05) is 27.4 Å². The Morgan fingerprint density at radius 1 is 0.946 bits per heavy atom. The average Bonchev–Trinajstić information content (AvgIpc) is 3.37. The summed E-state index contributed by atoms with van der Waals surface area (Å²) < 4.78 is 30.6. The zero-order valence-electron chi connectivity index (χ0n) is 45.5. The van der Waals surface area contributed by atoms with Crippen LogP contribution < -0.4 is 11.2 Å². The first-order valence-electron chi connectivity index (χ1n) is 26.9. The topological polar surface area (TPSA) is 246 Å². The summed E-state index contributed by atoms with van der Waals surface area (Å²) in [4.78, 5) is 70.6. The van der Waals surface area contributed by atoms with Gasteiger partial charge < -0.3 is 49.6 Å². The van der Waals surface area contributed by atoms with Crippen LogP contribution in [0.25, 0.3) is 0 Å². The Morgan fingerprint density at radius 3 is 2.38 bits per heavy atom. The molecule has 17 heteroatoms. The molecular weight excluding hydrogens is 949 g/mol. The Kier molecular flexibility index (Phi) is 25.5. The van der Waals surface area contributed by atoms with Crippen molar-refractivity contribution in [2.24, 2.45) is 40.4 Å². The van der Waals surface area contributed by atoms with Gasteiger partial charge in [-0.1, -0.05) is 64.2 Å². The number of methoxy groups -OCH3 is 2. The van der Waals surface area contributed by atoms with Crippen LogP contribution in [0, 0.1) is 41.9 Å². The number of carbonyl (C=O) groups excluding carboxylic acids is 5. The molecule has 3 heterocycles. The normalized spacial score (nSPS) is 37.3. The van der Waals surface area contributed by atoms with E-state index in [1.54, 1.807) is 48.0 Å². The number of hydrogen-bond acceptors (Lipinski definition) is 15. The number of allylic oxidation sites excluding steroid dienone is 6. The molecule has 0 aromatic rings. The smallest absolute Gasteiger partial charge is 0.329 e. The van der Waals surface area contributed by atoms with Crippen LogP contribution in [0.4, 0.5) is 0 Å². The Morgan fingerprint density at radius 2 is 1.69 bits per heavy atom. The zero-order chi connectivity index (χ0) is 54.7. The number of amides is 2. The second-order valence-corrected chi connectivity index (χ2v) is 21.4. The van der Waals surface area contributed by atoms with Crippen molar-refractivity contribution in [3.8, 4) is 12.3 Å². The van der Waals surface area contributed by atoms with E-state index in [0.717, 1.165) is 24.8 Å². The molecule has 4 rings (SSSR count). The van der Waals surface area contributed by atoms with Crippen molar-refractivity contribution in [2.45, 2.75) is 205 Å². The highest BCUT2D eigenvalue weighted by Crippen LogP contribution is 2.37. The average molecular weight is 1040 g/mol. The van der Waals surface area contributed by atoms with Gasteiger partial charge in [-0.3, -0.25) is 19.2 Å². The molecular formula is C57H88N4O13. The fraction of sp³-hybridized carbons (Fsp3) is 0.719. The van der Waals surface area contributed by atoms with E-state index in [-0.39, 0.29) is 49.0 Å². The van der Waals surface area contributed by atoms with Crippen LogP contribution in [0.5, 0.6) is 0 Å². The number of hydrogen-bond donors (Lipinski definition) is 5. The second kappa shape index (κ2) is 30.4. The summed E-state index contributed by atoms with van der Waals surface area (Å²) in [5, 5.41) is 39.1. The molecule has 2 saturated heterocycles. The number of ketones is 2. The molecule has 17 nitrogen and oxygen atoms in total. The molecule has 414 valence electrons. The first kappa shape index (κ1) is 62.2. The number of nitrogens with two attached hydrogens (primary N) is 1. The highest BCUT2D eigenvalue weighted by atomic mass is 16.6. The minimum Gasteiger partial charge on any atom is -0.459 e. The Labute approximate surface area is 440 Å². The lowest BCUT2D eigenvalue weighted by atomic mass is 9.80. The lowest BCUT2D eigenvalue weighted by Gasteiger charge is -2.42. The molecule has 2 bridgehead atoms. The second-order valence-electron chi connectivity index (χ2n) is 21.4. The van der Waals surface area contributed by atoms with E-state index in [1.165, 1.54) is 11.8 Å². The van der Waals surface area contributed by atoms with E-state index >= 15 is 0 Å². The molecule has 4 aliphatic rings. The molecule has 0 radical (unpaired) electrons. The minimum atomic E-state index is -2.47. The minimum absolute atomic E-state index is 0.0267. The molecule has 3 fully saturated rings. The molecule has 6 N–H and O–H groups in total. The molecule has 0 aromatic carbocycles. The van der Waals surface area contributed by atoms with E-state index < -0.39 is 95.5 Å². The van der Waals surface area contributed by atoms with Gasteiger partial charge in [0.15, 0.2) is 5.78 Å². The van der Waals surface area contributed by atoms with Gasteiger partial charge in [0.05, 0.1) is 24.4 Å². The number of cyclic esters (lactones) is 1. The summed E-state index contributed by atoms with van der Waals surface area (Å²) in [5.41, 5.74) is 11.0. The van der Waals surface area contributed by atoms with Gasteiger partial charge >= 0.3 is 5.97 Å². The predicted octanol–water partition coefficient (Wildman–Crippen LogP) is 5.97. The number of fused-ring (bicyclic) bond motifs is 3. The first-order valence-corrected chi connectivity index (χ1v) is 26.9. The molecule has 74 heavy (non-hydrogen) atoms. The molecule has 0 spiro atoms. The fourth-order valence-corrected chi connectivity index (χ4v) is 10.7. The van der Waals surface area contributed by atoms with Crippen LogP contribution >= 0.6 is 0 Å². The lowest BCUT2D eigenvalue weighted by molar-refractivity contribution is -0.265. The maximum Gasteiger partial charge on any atom is 0.329 e. The number of rotatable bonds is 11. The summed E-state index contributed by atoms with van der Waals surface area (Å²) in [6.45, 7) is 12.5. The first-order chi connectivity index (χ1) is 35.1.